The zero-order valence-electron chi connectivity index (χ0n) is 12.2. The van der Waals surface area contributed by atoms with E-state index in [-0.39, 0.29) is 29.6 Å². The van der Waals surface area contributed by atoms with Gasteiger partial charge in [0.15, 0.2) is 0 Å². The number of nitrogens with one attached hydrogen (secondary N) is 1. The maximum absolute atomic E-state index is 12.3. The standard InChI is InChI=1S/C16H21NO3/c1-10-6-4-5-7-12(10)15-13(11(2)9-20-3)8-14(18)17-16(15)19/h4-7,11,13,15H,8-9H2,1-3H3,(H,17,18,19). The molecule has 1 aliphatic rings. The number of hydrogen-bond acceptors (Lipinski definition) is 3. The average Bonchev–Trinajstić information content (AvgIpc) is 2.39. The first-order valence-corrected chi connectivity index (χ1v) is 6.92. The van der Waals surface area contributed by atoms with E-state index >= 15 is 0 Å². The number of ether oxygens (including phenoxy) is 1. The second-order valence-electron chi connectivity index (χ2n) is 5.55. The Morgan fingerprint density at radius 3 is 2.70 bits per heavy atom. The number of benzene rings is 1. The average molecular weight is 275 g/mol. The molecule has 3 atom stereocenters. The van der Waals surface area contributed by atoms with Crippen molar-refractivity contribution in [2.24, 2.45) is 11.8 Å². The summed E-state index contributed by atoms with van der Waals surface area (Å²) in [6, 6.07) is 7.86. The van der Waals surface area contributed by atoms with Gasteiger partial charge in [-0.3, -0.25) is 14.9 Å². The van der Waals surface area contributed by atoms with Crippen molar-refractivity contribution in [2.45, 2.75) is 26.2 Å². The monoisotopic (exact) mass is 275 g/mol. The van der Waals surface area contributed by atoms with Gasteiger partial charge in [0.05, 0.1) is 5.92 Å². The van der Waals surface area contributed by atoms with E-state index in [1.165, 1.54) is 0 Å². The zero-order valence-corrected chi connectivity index (χ0v) is 12.2. The summed E-state index contributed by atoms with van der Waals surface area (Å²) in [5, 5.41) is 2.46. The number of aryl methyl sites for hydroxylation is 1. The van der Waals surface area contributed by atoms with Crippen molar-refractivity contribution in [3.05, 3.63) is 35.4 Å². The van der Waals surface area contributed by atoms with E-state index in [1.54, 1.807) is 7.11 Å². The number of carbonyl (C=O) groups excluding carboxylic acids is 2. The second-order valence-corrected chi connectivity index (χ2v) is 5.55. The molecule has 0 bridgehead atoms. The van der Waals surface area contributed by atoms with Gasteiger partial charge in [-0.15, -0.1) is 0 Å². The first-order chi connectivity index (χ1) is 9.54. The molecule has 1 saturated heterocycles. The predicted molar refractivity (Wildman–Crippen MR) is 76.2 cm³/mol. The Kier molecular flexibility index (Phi) is 4.55. The molecule has 0 aliphatic carbocycles. The van der Waals surface area contributed by atoms with Crippen LogP contribution in [0, 0.1) is 18.8 Å². The Bertz CT molecular complexity index is 512. The fourth-order valence-corrected chi connectivity index (χ4v) is 3.02. The molecule has 0 saturated carbocycles. The Morgan fingerprint density at radius 1 is 1.35 bits per heavy atom. The number of amides is 2. The van der Waals surface area contributed by atoms with Crippen LogP contribution in [0.5, 0.6) is 0 Å². The summed E-state index contributed by atoms with van der Waals surface area (Å²) < 4.78 is 5.20. The number of carbonyl (C=O) groups is 2. The topological polar surface area (TPSA) is 55.4 Å². The molecule has 3 unspecified atom stereocenters. The minimum atomic E-state index is -0.279. The molecule has 1 aliphatic heterocycles. The molecule has 2 rings (SSSR count). The molecule has 4 nitrogen and oxygen atoms in total. The lowest BCUT2D eigenvalue weighted by molar-refractivity contribution is -0.137. The fraction of sp³-hybridized carbons (Fsp3) is 0.500. The maximum atomic E-state index is 12.3. The lowest BCUT2D eigenvalue weighted by Crippen LogP contribution is -2.47. The van der Waals surface area contributed by atoms with Gasteiger partial charge >= 0.3 is 0 Å². The Balaban J connectivity index is 2.37. The van der Waals surface area contributed by atoms with Gasteiger partial charge in [0, 0.05) is 20.1 Å². The van der Waals surface area contributed by atoms with Crippen LogP contribution < -0.4 is 5.32 Å². The van der Waals surface area contributed by atoms with Crippen LogP contribution in [0.1, 0.15) is 30.4 Å². The molecule has 0 spiro atoms. The van der Waals surface area contributed by atoms with Crippen molar-refractivity contribution in [2.75, 3.05) is 13.7 Å². The smallest absolute Gasteiger partial charge is 0.234 e. The highest BCUT2D eigenvalue weighted by Crippen LogP contribution is 2.37. The van der Waals surface area contributed by atoms with Gasteiger partial charge < -0.3 is 4.74 Å². The minimum Gasteiger partial charge on any atom is -0.384 e. The molecule has 1 aromatic carbocycles. The van der Waals surface area contributed by atoms with Crippen LogP contribution in [0.4, 0.5) is 0 Å². The molecule has 1 fully saturated rings. The van der Waals surface area contributed by atoms with Crippen LogP contribution >= 0.6 is 0 Å². The summed E-state index contributed by atoms with van der Waals surface area (Å²) in [4.78, 5) is 24.0. The van der Waals surface area contributed by atoms with E-state index in [4.69, 9.17) is 4.74 Å². The van der Waals surface area contributed by atoms with Gasteiger partial charge in [0.25, 0.3) is 0 Å². The highest BCUT2D eigenvalue weighted by Gasteiger charge is 2.40. The summed E-state index contributed by atoms with van der Waals surface area (Å²) in [6.45, 7) is 4.58. The van der Waals surface area contributed by atoms with Crippen molar-refractivity contribution in [1.29, 1.82) is 0 Å². The molecule has 1 N–H and O–H groups in total. The molecule has 4 heteroatoms. The Labute approximate surface area is 119 Å². The van der Waals surface area contributed by atoms with Gasteiger partial charge in [0.2, 0.25) is 11.8 Å². The van der Waals surface area contributed by atoms with Gasteiger partial charge in [0.1, 0.15) is 0 Å². The first-order valence-electron chi connectivity index (χ1n) is 6.92. The number of imide groups is 1. The van der Waals surface area contributed by atoms with Crippen molar-refractivity contribution in [1.82, 2.24) is 5.32 Å². The van der Waals surface area contributed by atoms with E-state index in [2.05, 4.69) is 5.32 Å². The third-order valence-corrected chi connectivity index (χ3v) is 4.08. The summed E-state index contributed by atoms with van der Waals surface area (Å²) in [7, 11) is 1.64. The number of piperidine rings is 1. The highest BCUT2D eigenvalue weighted by molar-refractivity contribution is 6.01. The lowest BCUT2D eigenvalue weighted by atomic mass is 9.73. The SMILES string of the molecule is COCC(C)C1CC(=O)NC(=O)C1c1ccccc1C. The van der Waals surface area contributed by atoms with Gasteiger partial charge in [-0.05, 0) is 29.9 Å². The molecule has 1 heterocycles. The van der Waals surface area contributed by atoms with Crippen LogP contribution in [-0.4, -0.2) is 25.5 Å². The van der Waals surface area contributed by atoms with Gasteiger partial charge in [-0.2, -0.15) is 0 Å². The molecule has 1 aromatic rings. The zero-order chi connectivity index (χ0) is 14.7. The van der Waals surface area contributed by atoms with Crippen LogP contribution in [0.15, 0.2) is 24.3 Å². The highest BCUT2D eigenvalue weighted by atomic mass is 16.5. The van der Waals surface area contributed by atoms with Crippen LogP contribution in [-0.2, 0) is 14.3 Å². The summed E-state index contributed by atoms with van der Waals surface area (Å²) >= 11 is 0. The van der Waals surface area contributed by atoms with Crippen molar-refractivity contribution in [3.63, 3.8) is 0 Å². The van der Waals surface area contributed by atoms with Gasteiger partial charge in [-0.25, -0.2) is 0 Å². The van der Waals surface area contributed by atoms with E-state index < -0.39 is 0 Å². The summed E-state index contributed by atoms with van der Waals surface area (Å²) in [5.41, 5.74) is 2.09. The Morgan fingerprint density at radius 2 is 2.05 bits per heavy atom. The van der Waals surface area contributed by atoms with E-state index in [0.29, 0.717) is 13.0 Å². The van der Waals surface area contributed by atoms with Crippen LogP contribution in [0.2, 0.25) is 0 Å². The second kappa shape index (κ2) is 6.18. The van der Waals surface area contributed by atoms with Crippen molar-refractivity contribution in [3.8, 4) is 0 Å². The third kappa shape index (κ3) is 2.90. The molecule has 2 amide bonds. The van der Waals surface area contributed by atoms with Crippen LogP contribution in [0.25, 0.3) is 0 Å². The number of methoxy groups -OCH3 is 1. The lowest BCUT2D eigenvalue weighted by Gasteiger charge is -2.34. The largest absolute Gasteiger partial charge is 0.384 e. The van der Waals surface area contributed by atoms with Crippen molar-refractivity contribution >= 4 is 11.8 Å². The molecule has 0 aromatic heterocycles. The molecule has 0 radical (unpaired) electrons. The molecular weight excluding hydrogens is 254 g/mol. The molecule has 20 heavy (non-hydrogen) atoms. The number of rotatable bonds is 4. The third-order valence-electron chi connectivity index (χ3n) is 4.08. The van der Waals surface area contributed by atoms with E-state index in [9.17, 15) is 9.59 Å². The predicted octanol–water partition coefficient (Wildman–Crippen LogP) is 2.02. The van der Waals surface area contributed by atoms with Crippen LogP contribution in [0.3, 0.4) is 0 Å². The maximum Gasteiger partial charge on any atom is 0.234 e. The van der Waals surface area contributed by atoms with E-state index in [0.717, 1.165) is 11.1 Å². The first kappa shape index (κ1) is 14.7. The van der Waals surface area contributed by atoms with Crippen molar-refractivity contribution < 1.29 is 14.3 Å². The summed E-state index contributed by atoms with van der Waals surface area (Å²) in [5.74, 6) is -0.521. The molecular formula is C16H21NO3. The quantitative estimate of drug-likeness (QED) is 0.855. The summed E-state index contributed by atoms with van der Waals surface area (Å²) in [6.07, 6.45) is 0.370. The number of hydrogen-bond donors (Lipinski definition) is 1. The van der Waals surface area contributed by atoms with Gasteiger partial charge in [-0.1, -0.05) is 31.2 Å². The van der Waals surface area contributed by atoms with E-state index in [1.807, 2.05) is 38.1 Å². The minimum absolute atomic E-state index is 0.0164. The normalized spacial score (nSPS) is 24.4. The Hall–Kier alpha value is -1.68. The molecule has 108 valence electrons. The fourth-order valence-electron chi connectivity index (χ4n) is 3.02.